The largest absolute Gasteiger partial charge is 0.398 e. The van der Waals surface area contributed by atoms with E-state index in [1.165, 1.54) is 28.5 Å². The maximum atomic E-state index is 7.89. The van der Waals surface area contributed by atoms with Crippen LogP contribution in [0.25, 0.3) is 0 Å². The van der Waals surface area contributed by atoms with Crippen LogP contribution in [0.3, 0.4) is 0 Å². The molecular weight excluding hydrogens is 486 g/mol. The number of nitrogen functional groups attached to an aromatic ring is 1. The number of hydrogen-bond acceptors (Lipinski definition) is 3. The second-order valence-electron chi connectivity index (χ2n) is 10.3. The minimum absolute atomic E-state index is 0.292. The molecule has 0 saturated carbocycles. The highest BCUT2D eigenvalue weighted by atomic mass is 15.1. The molecule has 0 atom stereocenters. The van der Waals surface area contributed by atoms with Crippen molar-refractivity contribution in [3.8, 4) is 0 Å². The lowest BCUT2D eigenvalue weighted by molar-refractivity contribution is 0.630. The van der Waals surface area contributed by atoms with E-state index in [4.69, 9.17) is 11.1 Å². The summed E-state index contributed by atoms with van der Waals surface area (Å²) >= 11 is 0. The molecule has 0 unspecified atom stereocenters. The van der Waals surface area contributed by atoms with E-state index in [2.05, 4.69) is 138 Å². The smallest absolute Gasteiger partial charge is 0.0404 e. The molecule has 40 heavy (non-hydrogen) atoms. The molecule has 0 aliphatic rings. The molecular formula is C37H37N3. The van der Waals surface area contributed by atoms with Gasteiger partial charge in [0.15, 0.2) is 0 Å². The van der Waals surface area contributed by atoms with Gasteiger partial charge in [-0.3, -0.25) is 0 Å². The van der Waals surface area contributed by atoms with Gasteiger partial charge in [0.2, 0.25) is 0 Å². The van der Waals surface area contributed by atoms with Crippen molar-refractivity contribution < 1.29 is 0 Å². The van der Waals surface area contributed by atoms with Gasteiger partial charge in [0.05, 0.1) is 0 Å². The molecule has 0 saturated heterocycles. The number of rotatable bonds is 12. The molecule has 5 aromatic carbocycles. The predicted molar refractivity (Wildman–Crippen MR) is 170 cm³/mol. The lowest BCUT2D eigenvalue weighted by atomic mass is 9.87. The Balaban J connectivity index is 1.45. The van der Waals surface area contributed by atoms with Crippen molar-refractivity contribution in [1.82, 2.24) is 0 Å². The summed E-state index contributed by atoms with van der Waals surface area (Å²) in [4.78, 5) is 2.48. The van der Waals surface area contributed by atoms with Gasteiger partial charge in [0.1, 0.15) is 0 Å². The minimum atomic E-state index is 0.292. The van der Waals surface area contributed by atoms with Crippen molar-refractivity contribution >= 4 is 17.6 Å². The van der Waals surface area contributed by atoms with Crippen LogP contribution in [-0.2, 0) is 0 Å². The molecule has 0 amide bonds. The molecule has 3 heteroatoms. The number of nitrogens with one attached hydrogen (secondary N) is 1. The molecule has 5 aromatic rings. The summed E-state index contributed by atoms with van der Waals surface area (Å²) in [6.45, 7) is 1.76. The second-order valence-corrected chi connectivity index (χ2v) is 10.3. The zero-order valence-electron chi connectivity index (χ0n) is 22.9. The summed E-state index contributed by atoms with van der Waals surface area (Å²) in [5.74, 6) is 0.583. The predicted octanol–water partition coefficient (Wildman–Crippen LogP) is 8.52. The van der Waals surface area contributed by atoms with Gasteiger partial charge < -0.3 is 16.0 Å². The van der Waals surface area contributed by atoms with Crippen molar-refractivity contribution in [2.75, 3.05) is 23.7 Å². The first-order chi connectivity index (χ1) is 19.7. The summed E-state index contributed by atoms with van der Waals surface area (Å²) in [7, 11) is 0. The van der Waals surface area contributed by atoms with Crippen molar-refractivity contribution in [3.05, 3.63) is 167 Å². The van der Waals surface area contributed by atoms with E-state index in [9.17, 15) is 0 Å². The molecule has 3 nitrogen and oxygen atoms in total. The van der Waals surface area contributed by atoms with Crippen molar-refractivity contribution in [1.29, 1.82) is 5.41 Å². The van der Waals surface area contributed by atoms with Crippen molar-refractivity contribution in [2.24, 2.45) is 0 Å². The van der Waals surface area contributed by atoms with Gasteiger partial charge in [-0.25, -0.2) is 0 Å². The van der Waals surface area contributed by atoms with Crippen molar-refractivity contribution in [3.63, 3.8) is 0 Å². The zero-order chi connectivity index (χ0) is 27.6. The number of nitrogens with two attached hydrogens (primary N) is 1. The van der Waals surface area contributed by atoms with Crippen LogP contribution in [0.2, 0.25) is 0 Å². The van der Waals surface area contributed by atoms with E-state index in [0.29, 0.717) is 17.5 Å². The maximum Gasteiger partial charge on any atom is 0.0404 e. The summed E-state index contributed by atoms with van der Waals surface area (Å²) in [5.41, 5.74) is 14.0. The fourth-order valence-electron chi connectivity index (χ4n) is 5.62. The van der Waals surface area contributed by atoms with Crippen LogP contribution in [0.15, 0.2) is 140 Å². The molecule has 0 aliphatic heterocycles. The number of hydrogen-bond donors (Lipinski definition) is 2. The highest BCUT2D eigenvalue weighted by molar-refractivity contribution is 5.86. The van der Waals surface area contributed by atoms with Gasteiger partial charge in [-0.15, -0.1) is 0 Å². The first-order valence-corrected chi connectivity index (χ1v) is 14.1. The Labute approximate surface area is 238 Å². The Kier molecular flexibility index (Phi) is 9.06. The Morgan fingerprint density at radius 1 is 0.550 bits per heavy atom. The van der Waals surface area contributed by atoms with Crippen molar-refractivity contribution in [2.45, 2.75) is 24.7 Å². The summed E-state index contributed by atoms with van der Waals surface area (Å²) in [5, 5.41) is 7.89. The standard InChI is InChI=1S/C37H37N3/c38-28-33-27-34(21-22-37(33)39)40(25-23-35(29-13-5-1-6-14-29)30-15-7-2-8-16-30)26-24-36(31-17-9-3-10-18-31)32-19-11-4-12-20-32/h1-22,27-28,35-36,38H,23-26,39H2. The summed E-state index contributed by atoms with van der Waals surface area (Å²) < 4.78 is 0. The fraction of sp³-hybridized carbons (Fsp3) is 0.162. The van der Waals surface area contributed by atoms with E-state index < -0.39 is 0 Å². The molecule has 0 aliphatic carbocycles. The van der Waals surface area contributed by atoms with Gasteiger partial charge in [-0.05, 0) is 53.3 Å². The molecule has 200 valence electrons. The van der Waals surface area contributed by atoms with Crippen LogP contribution in [-0.4, -0.2) is 19.3 Å². The van der Waals surface area contributed by atoms with Gasteiger partial charge in [-0.2, -0.15) is 0 Å². The SMILES string of the molecule is N=Cc1cc(N(CCC(c2ccccc2)c2ccccc2)CCC(c2ccccc2)c2ccccc2)ccc1N. The van der Waals surface area contributed by atoms with E-state index in [1.807, 2.05) is 6.07 Å². The number of benzene rings is 5. The van der Waals surface area contributed by atoms with E-state index in [0.717, 1.165) is 37.2 Å². The van der Waals surface area contributed by atoms with E-state index in [1.54, 1.807) is 0 Å². The van der Waals surface area contributed by atoms with Crippen LogP contribution in [0, 0.1) is 5.41 Å². The topological polar surface area (TPSA) is 53.1 Å². The third-order valence-electron chi connectivity index (χ3n) is 7.77. The summed E-state index contributed by atoms with van der Waals surface area (Å²) in [6, 6.07) is 49.3. The zero-order valence-corrected chi connectivity index (χ0v) is 22.9. The van der Waals surface area contributed by atoms with Crippen LogP contribution >= 0.6 is 0 Å². The molecule has 0 fully saturated rings. The van der Waals surface area contributed by atoms with Gasteiger partial charge in [0, 0.05) is 48.1 Å². The third kappa shape index (κ3) is 6.68. The Hall–Kier alpha value is -4.63. The second kappa shape index (κ2) is 13.4. The molecule has 3 N–H and O–H groups in total. The lowest BCUT2D eigenvalue weighted by Gasteiger charge is -2.30. The quantitative estimate of drug-likeness (QED) is 0.127. The lowest BCUT2D eigenvalue weighted by Crippen LogP contribution is -2.28. The highest BCUT2D eigenvalue weighted by Gasteiger charge is 2.20. The molecule has 0 aromatic heterocycles. The van der Waals surface area contributed by atoms with Crippen LogP contribution < -0.4 is 10.6 Å². The van der Waals surface area contributed by atoms with Gasteiger partial charge >= 0.3 is 0 Å². The van der Waals surface area contributed by atoms with Gasteiger partial charge in [-0.1, -0.05) is 121 Å². The first kappa shape index (κ1) is 27.0. The number of anilines is 2. The Bertz CT molecular complexity index is 1300. The van der Waals surface area contributed by atoms with E-state index >= 15 is 0 Å². The molecule has 5 rings (SSSR count). The average Bonchev–Trinajstić information content (AvgIpc) is 3.03. The first-order valence-electron chi connectivity index (χ1n) is 14.1. The Morgan fingerprint density at radius 3 is 1.27 bits per heavy atom. The number of nitrogens with zero attached hydrogens (tertiary/aromatic N) is 1. The van der Waals surface area contributed by atoms with Crippen LogP contribution in [0.4, 0.5) is 11.4 Å². The van der Waals surface area contributed by atoms with Crippen LogP contribution in [0.1, 0.15) is 52.5 Å². The Morgan fingerprint density at radius 2 is 0.925 bits per heavy atom. The fourth-order valence-corrected chi connectivity index (χ4v) is 5.62. The normalized spacial score (nSPS) is 11.1. The van der Waals surface area contributed by atoms with Crippen LogP contribution in [0.5, 0.6) is 0 Å². The highest BCUT2D eigenvalue weighted by Crippen LogP contribution is 2.32. The average molecular weight is 524 g/mol. The monoisotopic (exact) mass is 523 g/mol. The molecule has 0 heterocycles. The minimum Gasteiger partial charge on any atom is -0.398 e. The maximum absolute atomic E-state index is 7.89. The molecule has 0 radical (unpaired) electrons. The van der Waals surface area contributed by atoms with E-state index in [-0.39, 0.29) is 0 Å². The van der Waals surface area contributed by atoms with Gasteiger partial charge in [0.25, 0.3) is 0 Å². The molecule has 0 bridgehead atoms. The summed E-state index contributed by atoms with van der Waals surface area (Å²) in [6.07, 6.45) is 3.30. The molecule has 0 spiro atoms. The third-order valence-corrected chi connectivity index (χ3v) is 7.77.